The first-order chi connectivity index (χ1) is 12.8. The standard InChI is InChI=1S/C20H42O6Si/c1-4-5-6-7-8-9-10-11-13-27(2,3)14-12-25-19-18(23)17(22)16(15-21)26-20(19)24/h16-24H,4-15H2,1-3H3/t16-,17-,18+,19-,20?/m1/s1. The largest absolute Gasteiger partial charge is 0.394 e. The topological polar surface area (TPSA) is 99.4 Å². The van der Waals surface area contributed by atoms with Crippen molar-refractivity contribution < 1.29 is 29.9 Å². The van der Waals surface area contributed by atoms with Crippen LogP contribution in [0.5, 0.6) is 0 Å². The Bertz CT molecular complexity index is 381. The monoisotopic (exact) mass is 406 g/mol. The molecule has 1 saturated heterocycles. The number of unbranched alkanes of at least 4 members (excludes halogenated alkanes) is 7. The molecule has 0 bridgehead atoms. The van der Waals surface area contributed by atoms with Gasteiger partial charge >= 0.3 is 0 Å². The summed E-state index contributed by atoms with van der Waals surface area (Å²) in [6.45, 7) is 6.92. The van der Waals surface area contributed by atoms with E-state index in [4.69, 9.17) is 14.6 Å². The first-order valence-corrected chi connectivity index (χ1v) is 14.2. The average molecular weight is 407 g/mol. The Morgan fingerprint density at radius 2 is 1.44 bits per heavy atom. The minimum absolute atomic E-state index is 0.439. The fraction of sp³-hybridized carbons (Fsp3) is 1.00. The van der Waals surface area contributed by atoms with Crippen molar-refractivity contribution in [3.63, 3.8) is 0 Å². The summed E-state index contributed by atoms with van der Waals surface area (Å²) in [4.78, 5) is 0. The maximum Gasteiger partial charge on any atom is 0.184 e. The van der Waals surface area contributed by atoms with Crippen LogP contribution >= 0.6 is 0 Å². The van der Waals surface area contributed by atoms with E-state index in [0.717, 1.165) is 6.04 Å². The van der Waals surface area contributed by atoms with Crippen molar-refractivity contribution in [2.24, 2.45) is 0 Å². The van der Waals surface area contributed by atoms with Crippen molar-refractivity contribution in [1.82, 2.24) is 0 Å². The summed E-state index contributed by atoms with van der Waals surface area (Å²) in [5.74, 6) is 0. The molecule has 5 atom stereocenters. The Hall–Kier alpha value is -0.0231. The molecule has 1 aliphatic heterocycles. The third kappa shape index (κ3) is 9.34. The second-order valence-electron chi connectivity index (χ2n) is 8.70. The summed E-state index contributed by atoms with van der Waals surface area (Å²) >= 11 is 0. The number of hydrogen-bond acceptors (Lipinski definition) is 6. The van der Waals surface area contributed by atoms with E-state index in [9.17, 15) is 15.3 Å². The molecule has 0 aromatic heterocycles. The van der Waals surface area contributed by atoms with Gasteiger partial charge < -0.3 is 29.9 Å². The molecular weight excluding hydrogens is 364 g/mol. The zero-order chi connectivity index (χ0) is 20.3. The van der Waals surface area contributed by atoms with Crippen molar-refractivity contribution in [3.05, 3.63) is 0 Å². The molecule has 0 aromatic carbocycles. The Morgan fingerprint density at radius 1 is 0.852 bits per heavy atom. The zero-order valence-corrected chi connectivity index (χ0v) is 18.5. The minimum atomic E-state index is -1.38. The van der Waals surface area contributed by atoms with E-state index in [1.165, 1.54) is 57.4 Å². The van der Waals surface area contributed by atoms with Gasteiger partial charge in [0.25, 0.3) is 0 Å². The number of aliphatic hydroxyl groups excluding tert-OH is 4. The van der Waals surface area contributed by atoms with Crippen LogP contribution in [0.3, 0.4) is 0 Å². The van der Waals surface area contributed by atoms with Crippen molar-refractivity contribution in [2.45, 2.75) is 114 Å². The van der Waals surface area contributed by atoms with Gasteiger partial charge in [0.1, 0.15) is 24.4 Å². The van der Waals surface area contributed by atoms with Crippen LogP contribution < -0.4 is 0 Å². The summed E-state index contributed by atoms with van der Waals surface area (Å²) in [7, 11) is -1.38. The van der Waals surface area contributed by atoms with Crippen molar-refractivity contribution >= 4 is 8.07 Å². The molecule has 0 aliphatic carbocycles. The maximum absolute atomic E-state index is 10.1. The molecule has 7 heteroatoms. The van der Waals surface area contributed by atoms with Gasteiger partial charge in [-0.25, -0.2) is 0 Å². The lowest BCUT2D eigenvalue weighted by molar-refractivity contribution is -0.295. The van der Waals surface area contributed by atoms with Gasteiger partial charge in [0.15, 0.2) is 6.29 Å². The van der Waals surface area contributed by atoms with E-state index in [0.29, 0.717) is 6.61 Å². The van der Waals surface area contributed by atoms with E-state index in [1.807, 2.05) is 0 Å². The third-order valence-corrected chi connectivity index (χ3v) is 8.90. The minimum Gasteiger partial charge on any atom is -0.394 e. The smallest absolute Gasteiger partial charge is 0.184 e. The van der Waals surface area contributed by atoms with Crippen LogP contribution in [0, 0.1) is 0 Å². The first kappa shape index (κ1) is 25.0. The molecule has 0 spiro atoms. The van der Waals surface area contributed by atoms with E-state index in [-0.39, 0.29) is 0 Å². The fourth-order valence-electron chi connectivity index (χ4n) is 3.59. The fourth-order valence-corrected chi connectivity index (χ4v) is 5.71. The van der Waals surface area contributed by atoms with Gasteiger partial charge in [-0.3, -0.25) is 0 Å². The lowest BCUT2D eigenvalue weighted by atomic mass is 9.99. The molecule has 27 heavy (non-hydrogen) atoms. The lowest BCUT2D eigenvalue weighted by Gasteiger charge is -2.40. The van der Waals surface area contributed by atoms with Crippen LogP contribution in [0.25, 0.3) is 0 Å². The highest BCUT2D eigenvalue weighted by atomic mass is 28.3. The molecule has 1 rings (SSSR count). The zero-order valence-electron chi connectivity index (χ0n) is 17.5. The highest BCUT2D eigenvalue weighted by Gasteiger charge is 2.44. The molecule has 1 fully saturated rings. The van der Waals surface area contributed by atoms with Gasteiger partial charge in [0, 0.05) is 14.7 Å². The van der Waals surface area contributed by atoms with Gasteiger partial charge in [0.2, 0.25) is 0 Å². The van der Waals surface area contributed by atoms with E-state index in [1.54, 1.807) is 0 Å². The summed E-state index contributed by atoms with van der Waals surface area (Å²) in [6.07, 6.45) is 4.80. The summed E-state index contributed by atoms with van der Waals surface area (Å²) in [6, 6.07) is 2.20. The highest BCUT2D eigenvalue weighted by molar-refractivity contribution is 6.77. The Balaban J connectivity index is 2.20. The molecule has 0 amide bonds. The molecule has 0 aromatic rings. The SMILES string of the molecule is CCCCCCCCCC[Si](C)(C)CCO[C@H]1C(O)O[C@H](CO)[C@@H](O)[C@@H]1O. The summed E-state index contributed by atoms with van der Waals surface area (Å²) < 4.78 is 10.8. The van der Waals surface area contributed by atoms with Gasteiger partial charge in [-0.2, -0.15) is 0 Å². The Morgan fingerprint density at radius 3 is 2.04 bits per heavy atom. The summed E-state index contributed by atoms with van der Waals surface area (Å²) in [5, 5.41) is 39.0. The first-order valence-electron chi connectivity index (χ1n) is 10.7. The van der Waals surface area contributed by atoms with E-state index < -0.39 is 45.4 Å². The van der Waals surface area contributed by atoms with Crippen molar-refractivity contribution in [1.29, 1.82) is 0 Å². The number of aliphatic hydroxyl groups is 4. The van der Waals surface area contributed by atoms with E-state index >= 15 is 0 Å². The number of hydrogen-bond donors (Lipinski definition) is 4. The predicted octanol–water partition coefficient (Wildman–Crippen LogP) is 2.65. The van der Waals surface area contributed by atoms with Crippen LogP contribution in [0.15, 0.2) is 0 Å². The van der Waals surface area contributed by atoms with Crippen LogP contribution in [-0.2, 0) is 9.47 Å². The molecule has 4 N–H and O–H groups in total. The quantitative estimate of drug-likeness (QED) is 0.261. The molecular formula is C20H42O6Si. The predicted molar refractivity (Wildman–Crippen MR) is 109 cm³/mol. The lowest BCUT2D eigenvalue weighted by Crippen LogP contribution is -2.59. The molecule has 1 unspecified atom stereocenters. The van der Waals surface area contributed by atoms with Crippen LogP contribution in [0.2, 0.25) is 25.2 Å². The van der Waals surface area contributed by atoms with E-state index in [2.05, 4.69) is 20.0 Å². The Labute approximate surface area is 165 Å². The number of ether oxygens (including phenoxy) is 2. The second kappa shape index (κ2) is 13.2. The van der Waals surface area contributed by atoms with Gasteiger partial charge in [-0.1, -0.05) is 77.4 Å². The van der Waals surface area contributed by atoms with Crippen molar-refractivity contribution in [2.75, 3.05) is 13.2 Å². The molecule has 1 heterocycles. The van der Waals surface area contributed by atoms with Gasteiger partial charge in [-0.05, 0) is 6.04 Å². The normalized spacial score (nSPS) is 29.2. The molecule has 162 valence electrons. The highest BCUT2D eigenvalue weighted by Crippen LogP contribution is 2.24. The Kier molecular flexibility index (Phi) is 12.3. The maximum atomic E-state index is 10.1. The molecule has 6 nitrogen and oxygen atoms in total. The molecule has 0 saturated carbocycles. The van der Waals surface area contributed by atoms with Crippen LogP contribution in [0.4, 0.5) is 0 Å². The van der Waals surface area contributed by atoms with Gasteiger partial charge in [-0.15, -0.1) is 0 Å². The molecule has 0 radical (unpaired) electrons. The average Bonchev–Trinajstić information content (AvgIpc) is 2.63. The van der Waals surface area contributed by atoms with Crippen LogP contribution in [0.1, 0.15) is 58.3 Å². The second-order valence-corrected chi connectivity index (χ2v) is 14.0. The third-order valence-electron chi connectivity index (χ3n) is 5.64. The van der Waals surface area contributed by atoms with Crippen LogP contribution in [-0.4, -0.2) is 72.4 Å². The van der Waals surface area contributed by atoms with Gasteiger partial charge in [0.05, 0.1) is 6.61 Å². The summed E-state index contributed by atoms with van der Waals surface area (Å²) in [5.41, 5.74) is 0. The molecule has 1 aliphatic rings. The number of rotatable bonds is 14. The van der Waals surface area contributed by atoms with Crippen molar-refractivity contribution in [3.8, 4) is 0 Å².